The Hall–Kier alpha value is -2.70. The van der Waals surface area contributed by atoms with Crippen LogP contribution >= 0.6 is 11.3 Å². The monoisotopic (exact) mass is 422 g/mol. The first-order valence-corrected chi connectivity index (χ1v) is 11.6. The minimum absolute atomic E-state index is 0.315. The molecule has 1 N–H and O–H groups in total. The number of hydrogen-bond donors (Lipinski definition) is 1. The van der Waals surface area contributed by atoms with Crippen LogP contribution in [0.5, 0.6) is 0 Å². The highest BCUT2D eigenvalue weighted by atomic mass is 32.2. The standard InChI is InChI=1S/C23H22N2O2S2/c1-14-11-17(4)22(13-15(14)2)29(26,27)25-19-10-9-18(12-16(19)3)23-24-20-7-5-6-8-21(20)28-23/h5-13,25H,1-4H3. The second-order valence-electron chi connectivity index (χ2n) is 7.32. The third kappa shape index (κ3) is 3.78. The summed E-state index contributed by atoms with van der Waals surface area (Å²) in [7, 11) is -3.67. The van der Waals surface area contributed by atoms with Crippen molar-refractivity contribution in [3.63, 3.8) is 0 Å². The molecular weight excluding hydrogens is 400 g/mol. The molecule has 1 aromatic heterocycles. The first-order valence-electron chi connectivity index (χ1n) is 9.32. The van der Waals surface area contributed by atoms with E-state index >= 15 is 0 Å². The first-order chi connectivity index (χ1) is 13.7. The number of nitrogens with zero attached hydrogens (tertiary/aromatic N) is 1. The molecule has 0 fully saturated rings. The van der Waals surface area contributed by atoms with Crippen molar-refractivity contribution in [3.05, 3.63) is 76.9 Å². The van der Waals surface area contributed by atoms with Gasteiger partial charge in [0.1, 0.15) is 5.01 Å². The summed E-state index contributed by atoms with van der Waals surface area (Å²) in [6, 6.07) is 17.4. The van der Waals surface area contributed by atoms with Gasteiger partial charge in [0, 0.05) is 5.56 Å². The second-order valence-corrected chi connectivity index (χ2v) is 10.0. The average Bonchev–Trinajstić information content (AvgIpc) is 3.10. The fraction of sp³-hybridized carbons (Fsp3) is 0.174. The number of aryl methyl sites for hydroxylation is 4. The number of para-hydroxylation sites is 1. The van der Waals surface area contributed by atoms with Gasteiger partial charge >= 0.3 is 0 Å². The van der Waals surface area contributed by atoms with Crippen LogP contribution < -0.4 is 4.72 Å². The first kappa shape index (κ1) is 19.6. The number of thiazole rings is 1. The molecule has 6 heteroatoms. The van der Waals surface area contributed by atoms with Gasteiger partial charge in [0.05, 0.1) is 20.8 Å². The minimum atomic E-state index is -3.67. The van der Waals surface area contributed by atoms with Gasteiger partial charge in [-0.2, -0.15) is 0 Å². The lowest BCUT2D eigenvalue weighted by atomic mass is 10.1. The number of rotatable bonds is 4. The molecular formula is C23H22N2O2S2. The highest BCUT2D eigenvalue weighted by Gasteiger charge is 2.19. The summed E-state index contributed by atoms with van der Waals surface area (Å²) in [5, 5.41) is 0.925. The van der Waals surface area contributed by atoms with Crippen LogP contribution in [-0.2, 0) is 10.0 Å². The zero-order chi connectivity index (χ0) is 20.8. The van der Waals surface area contributed by atoms with Gasteiger partial charge in [0.2, 0.25) is 0 Å². The van der Waals surface area contributed by atoms with Gasteiger partial charge < -0.3 is 0 Å². The third-order valence-corrected chi connectivity index (χ3v) is 7.69. The van der Waals surface area contributed by atoms with Crippen molar-refractivity contribution < 1.29 is 8.42 Å². The minimum Gasteiger partial charge on any atom is -0.279 e. The topological polar surface area (TPSA) is 59.1 Å². The number of nitrogens with one attached hydrogen (secondary N) is 1. The fourth-order valence-corrected chi connectivity index (χ4v) is 5.74. The Morgan fingerprint density at radius 2 is 1.55 bits per heavy atom. The highest BCUT2D eigenvalue weighted by molar-refractivity contribution is 7.92. The lowest BCUT2D eigenvalue weighted by Crippen LogP contribution is -2.15. The predicted octanol–water partition coefficient (Wildman–Crippen LogP) is 6.00. The lowest BCUT2D eigenvalue weighted by Gasteiger charge is -2.14. The number of hydrogen-bond acceptors (Lipinski definition) is 4. The Morgan fingerprint density at radius 1 is 0.828 bits per heavy atom. The van der Waals surface area contributed by atoms with Crippen molar-refractivity contribution in [2.45, 2.75) is 32.6 Å². The summed E-state index contributed by atoms with van der Waals surface area (Å²) >= 11 is 1.63. The van der Waals surface area contributed by atoms with Crippen molar-refractivity contribution in [2.24, 2.45) is 0 Å². The molecule has 0 aliphatic carbocycles. The van der Waals surface area contributed by atoms with Gasteiger partial charge in [0.15, 0.2) is 0 Å². The van der Waals surface area contributed by atoms with E-state index in [9.17, 15) is 8.42 Å². The van der Waals surface area contributed by atoms with Crippen LogP contribution in [-0.4, -0.2) is 13.4 Å². The van der Waals surface area contributed by atoms with Crippen molar-refractivity contribution in [3.8, 4) is 10.6 Å². The number of sulfonamides is 1. The molecule has 0 amide bonds. The smallest absolute Gasteiger partial charge is 0.262 e. The van der Waals surface area contributed by atoms with Gasteiger partial charge in [-0.25, -0.2) is 13.4 Å². The van der Waals surface area contributed by atoms with E-state index in [0.717, 1.165) is 43.0 Å². The van der Waals surface area contributed by atoms with Crippen LogP contribution in [0.15, 0.2) is 59.5 Å². The molecule has 1 heterocycles. The quantitative estimate of drug-likeness (QED) is 0.439. The molecule has 0 aliphatic heterocycles. The number of benzene rings is 3. The predicted molar refractivity (Wildman–Crippen MR) is 121 cm³/mol. The molecule has 3 aromatic carbocycles. The summed E-state index contributed by atoms with van der Waals surface area (Å²) < 4.78 is 29.9. The Bertz CT molecular complexity index is 1310. The SMILES string of the molecule is Cc1cc(C)c(S(=O)(=O)Nc2ccc(-c3nc4ccccc4s3)cc2C)cc1C. The molecule has 0 atom stereocenters. The molecule has 0 bridgehead atoms. The van der Waals surface area contributed by atoms with Crippen molar-refractivity contribution in [1.29, 1.82) is 0 Å². The molecule has 4 nitrogen and oxygen atoms in total. The third-order valence-electron chi connectivity index (χ3n) is 5.09. The van der Waals surface area contributed by atoms with E-state index in [-0.39, 0.29) is 0 Å². The van der Waals surface area contributed by atoms with Crippen LogP contribution in [0.3, 0.4) is 0 Å². The molecule has 0 unspecified atom stereocenters. The van der Waals surface area contributed by atoms with E-state index in [4.69, 9.17) is 0 Å². The van der Waals surface area contributed by atoms with Gasteiger partial charge in [-0.15, -0.1) is 11.3 Å². The number of anilines is 1. The fourth-order valence-electron chi connectivity index (χ4n) is 3.33. The molecule has 29 heavy (non-hydrogen) atoms. The van der Waals surface area contributed by atoms with Crippen LogP contribution in [0.25, 0.3) is 20.8 Å². The maximum absolute atomic E-state index is 13.0. The van der Waals surface area contributed by atoms with Crippen LogP contribution in [0.1, 0.15) is 22.3 Å². The molecule has 0 aliphatic rings. The van der Waals surface area contributed by atoms with Crippen molar-refractivity contribution in [2.75, 3.05) is 4.72 Å². The molecule has 4 aromatic rings. The summed E-state index contributed by atoms with van der Waals surface area (Å²) in [5.41, 5.74) is 6.16. The van der Waals surface area contributed by atoms with Gasteiger partial charge in [-0.05, 0) is 86.3 Å². The van der Waals surface area contributed by atoms with Gasteiger partial charge in [-0.1, -0.05) is 18.2 Å². The second kappa shape index (κ2) is 7.28. The van der Waals surface area contributed by atoms with Crippen LogP contribution in [0.2, 0.25) is 0 Å². The summed E-state index contributed by atoms with van der Waals surface area (Å²) in [6.45, 7) is 7.63. The molecule has 0 spiro atoms. The summed E-state index contributed by atoms with van der Waals surface area (Å²) in [4.78, 5) is 5.00. The molecule has 0 saturated carbocycles. The van der Waals surface area contributed by atoms with E-state index < -0.39 is 10.0 Å². The van der Waals surface area contributed by atoms with E-state index in [1.165, 1.54) is 0 Å². The Kier molecular flexibility index (Phi) is 4.92. The van der Waals surface area contributed by atoms with Crippen molar-refractivity contribution in [1.82, 2.24) is 4.98 Å². The maximum atomic E-state index is 13.0. The molecule has 148 valence electrons. The molecule has 4 rings (SSSR count). The normalized spacial score (nSPS) is 11.7. The largest absolute Gasteiger partial charge is 0.279 e. The highest BCUT2D eigenvalue weighted by Crippen LogP contribution is 2.32. The van der Waals surface area contributed by atoms with E-state index in [1.54, 1.807) is 17.4 Å². The number of aromatic nitrogens is 1. The van der Waals surface area contributed by atoms with E-state index in [1.807, 2.05) is 70.2 Å². The van der Waals surface area contributed by atoms with Crippen LogP contribution in [0, 0.1) is 27.7 Å². The molecule has 0 saturated heterocycles. The summed E-state index contributed by atoms with van der Waals surface area (Å²) in [6.07, 6.45) is 0. The zero-order valence-corrected chi connectivity index (χ0v) is 18.4. The van der Waals surface area contributed by atoms with Crippen LogP contribution in [0.4, 0.5) is 5.69 Å². The summed E-state index contributed by atoms with van der Waals surface area (Å²) in [5.74, 6) is 0. The van der Waals surface area contributed by atoms with Gasteiger partial charge in [-0.3, -0.25) is 4.72 Å². The zero-order valence-electron chi connectivity index (χ0n) is 16.8. The average molecular weight is 423 g/mol. The van der Waals surface area contributed by atoms with E-state index in [0.29, 0.717) is 10.6 Å². The molecule has 0 radical (unpaired) electrons. The Balaban J connectivity index is 1.67. The Labute approximate surface area is 175 Å². The maximum Gasteiger partial charge on any atom is 0.262 e. The van der Waals surface area contributed by atoms with Gasteiger partial charge in [0.25, 0.3) is 10.0 Å². The van der Waals surface area contributed by atoms with Crippen molar-refractivity contribution >= 4 is 37.3 Å². The van der Waals surface area contributed by atoms with E-state index in [2.05, 4.69) is 15.8 Å². The lowest BCUT2D eigenvalue weighted by molar-refractivity contribution is 0.600. The Morgan fingerprint density at radius 3 is 2.28 bits per heavy atom. The number of fused-ring (bicyclic) bond motifs is 1.